The van der Waals surface area contributed by atoms with E-state index in [-0.39, 0.29) is 24.7 Å². The number of halogens is 2. The second kappa shape index (κ2) is 13.3. The van der Waals surface area contributed by atoms with Gasteiger partial charge < -0.3 is 20.0 Å². The van der Waals surface area contributed by atoms with Crippen LogP contribution in [0.3, 0.4) is 0 Å². The van der Waals surface area contributed by atoms with E-state index in [0.29, 0.717) is 40.8 Å². The van der Waals surface area contributed by atoms with Crippen LogP contribution < -0.4 is 0 Å². The molecule has 2 aromatic rings. The third-order valence-corrected chi connectivity index (χ3v) is 9.89. The van der Waals surface area contributed by atoms with Gasteiger partial charge in [0.25, 0.3) is 0 Å². The molecule has 2 unspecified atom stereocenters. The summed E-state index contributed by atoms with van der Waals surface area (Å²) in [5, 5.41) is 19.7. The largest absolute Gasteiger partial charge is 0.480 e. The van der Waals surface area contributed by atoms with Crippen molar-refractivity contribution in [3.63, 3.8) is 0 Å². The smallest absolute Gasteiger partial charge is 0.327 e. The molecule has 2 heterocycles. The van der Waals surface area contributed by atoms with Gasteiger partial charge in [0.2, 0.25) is 11.8 Å². The number of nitrogens with zero attached hydrogens (tertiary/aromatic N) is 2. The van der Waals surface area contributed by atoms with Gasteiger partial charge in [-0.15, -0.1) is 23.5 Å². The summed E-state index contributed by atoms with van der Waals surface area (Å²) < 4.78 is 0. The van der Waals surface area contributed by atoms with Crippen molar-refractivity contribution in [1.29, 1.82) is 0 Å². The summed E-state index contributed by atoms with van der Waals surface area (Å²) in [6.45, 7) is 0. The maximum atomic E-state index is 13.1. The fraction of sp³-hybridized carbons (Fsp3) is 0.407. The predicted molar refractivity (Wildman–Crippen MR) is 153 cm³/mol. The maximum absolute atomic E-state index is 13.1. The lowest BCUT2D eigenvalue weighted by atomic mass is 10.1. The highest BCUT2D eigenvalue weighted by Gasteiger charge is 2.43. The minimum Gasteiger partial charge on any atom is -0.480 e. The van der Waals surface area contributed by atoms with Gasteiger partial charge in [-0.1, -0.05) is 53.9 Å². The molecule has 2 N–H and O–H groups in total. The van der Waals surface area contributed by atoms with Gasteiger partial charge in [-0.2, -0.15) is 0 Å². The normalized spacial score (nSPS) is 22.7. The Bertz CT molecular complexity index is 1120. The average molecular weight is 612 g/mol. The van der Waals surface area contributed by atoms with Gasteiger partial charge >= 0.3 is 11.9 Å². The van der Waals surface area contributed by atoms with Crippen molar-refractivity contribution in [2.75, 3.05) is 11.5 Å². The first-order valence-corrected chi connectivity index (χ1v) is 15.3. The molecule has 2 aliphatic rings. The van der Waals surface area contributed by atoms with E-state index in [2.05, 4.69) is 0 Å². The molecule has 0 radical (unpaired) electrons. The number of carboxylic acids is 2. The van der Waals surface area contributed by atoms with Gasteiger partial charge in [0.05, 0.1) is 0 Å². The number of carbonyl (C=O) groups is 4. The van der Waals surface area contributed by atoms with E-state index >= 15 is 0 Å². The molecule has 8 nitrogen and oxygen atoms in total. The van der Waals surface area contributed by atoms with Crippen LogP contribution in [-0.2, 0) is 19.2 Å². The van der Waals surface area contributed by atoms with Crippen molar-refractivity contribution in [2.45, 2.75) is 54.9 Å². The van der Waals surface area contributed by atoms with E-state index in [0.717, 1.165) is 11.1 Å². The quantitative estimate of drug-likeness (QED) is 0.329. The number of carbonyl (C=O) groups excluding carboxylic acids is 2. The zero-order valence-corrected chi connectivity index (χ0v) is 24.0. The Kier molecular flexibility index (Phi) is 10.1. The Labute approximate surface area is 245 Å². The van der Waals surface area contributed by atoms with E-state index < -0.39 is 34.8 Å². The molecular formula is C27H28Cl2N2O6S2. The number of benzene rings is 2. The second-order valence-electron chi connectivity index (χ2n) is 9.35. The first-order valence-electron chi connectivity index (χ1n) is 12.5. The van der Waals surface area contributed by atoms with E-state index in [1.165, 1.54) is 33.3 Å². The van der Waals surface area contributed by atoms with Gasteiger partial charge in [-0.25, -0.2) is 9.59 Å². The van der Waals surface area contributed by atoms with Crippen molar-refractivity contribution in [3.05, 3.63) is 69.7 Å². The monoisotopic (exact) mass is 610 g/mol. The molecule has 2 aromatic carbocycles. The van der Waals surface area contributed by atoms with Crippen LogP contribution in [0.5, 0.6) is 0 Å². The lowest BCUT2D eigenvalue weighted by Gasteiger charge is -2.28. The number of amides is 2. The summed E-state index contributed by atoms with van der Waals surface area (Å²) in [4.78, 5) is 52.8. The van der Waals surface area contributed by atoms with Gasteiger partial charge in [0.15, 0.2) is 0 Å². The van der Waals surface area contributed by atoms with Crippen LogP contribution in [-0.4, -0.2) is 67.4 Å². The third-order valence-electron chi connectivity index (χ3n) is 6.74. The number of unbranched alkanes of at least 4 members (excludes halogenated alkanes) is 2. The zero-order chi connectivity index (χ0) is 28.1. The van der Waals surface area contributed by atoms with Gasteiger partial charge in [-0.3, -0.25) is 9.59 Å². The number of hydrogen-bond donors (Lipinski definition) is 2. The molecule has 4 rings (SSSR count). The first kappa shape index (κ1) is 29.6. The summed E-state index contributed by atoms with van der Waals surface area (Å²) in [5.41, 5.74) is 1.64. The van der Waals surface area contributed by atoms with Crippen molar-refractivity contribution in [3.8, 4) is 0 Å². The molecule has 208 valence electrons. The zero-order valence-electron chi connectivity index (χ0n) is 20.9. The van der Waals surface area contributed by atoms with E-state index in [1.54, 1.807) is 48.5 Å². The Morgan fingerprint density at radius 1 is 0.667 bits per heavy atom. The molecule has 4 atom stereocenters. The van der Waals surface area contributed by atoms with Crippen LogP contribution in [0.1, 0.15) is 54.0 Å². The number of carboxylic acid groups (broad SMARTS) is 2. The molecule has 0 bridgehead atoms. The summed E-state index contributed by atoms with van der Waals surface area (Å²) in [6.07, 6.45) is 1.88. The molecule has 2 saturated heterocycles. The molecule has 0 spiro atoms. The van der Waals surface area contributed by atoms with Crippen LogP contribution in [0.4, 0.5) is 0 Å². The fourth-order valence-corrected chi connectivity index (χ4v) is 7.90. The molecule has 2 fully saturated rings. The summed E-state index contributed by atoms with van der Waals surface area (Å²) in [7, 11) is 0. The van der Waals surface area contributed by atoms with E-state index in [4.69, 9.17) is 23.2 Å². The highest BCUT2D eigenvalue weighted by atomic mass is 35.5. The minimum atomic E-state index is -1.04. The van der Waals surface area contributed by atoms with Crippen molar-refractivity contribution in [2.24, 2.45) is 0 Å². The lowest BCUT2D eigenvalue weighted by Crippen LogP contribution is -2.43. The van der Waals surface area contributed by atoms with E-state index in [9.17, 15) is 29.4 Å². The van der Waals surface area contributed by atoms with Crippen LogP contribution in [0, 0.1) is 0 Å². The van der Waals surface area contributed by atoms with Crippen LogP contribution in [0.25, 0.3) is 0 Å². The second-order valence-corrected chi connectivity index (χ2v) is 12.4. The number of hydrogen-bond acceptors (Lipinski definition) is 6. The van der Waals surface area contributed by atoms with Crippen LogP contribution >= 0.6 is 46.7 Å². The molecule has 0 saturated carbocycles. The van der Waals surface area contributed by atoms with Crippen molar-refractivity contribution < 1.29 is 29.4 Å². The molecule has 2 aliphatic heterocycles. The topological polar surface area (TPSA) is 115 Å². The number of rotatable bonds is 10. The molecule has 12 heteroatoms. The van der Waals surface area contributed by atoms with Crippen LogP contribution in [0.15, 0.2) is 48.5 Å². The Morgan fingerprint density at radius 2 is 1.03 bits per heavy atom. The predicted octanol–water partition coefficient (Wildman–Crippen LogP) is 5.70. The molecule has 0 aliphatic carbocycles. The molecule has 2 amide bonds. The summed E-state index contributed by atoms with van der Waals surface area (Å²) >= 11 is 14.8. The highest BCUT2D eigenvalue weighted by Crippen LogP contribution is 2.43. The Hall–Kier alpha value is -2.40. The standard InChI is InChI=1S/C27H28Cl2N2O6S2/c28-18-10-6-16(7-11-18)24-30(20(14-38-24)26(34)35)22(32)4-2-1-3-5-23(33)31-21(27(36)37)15-39-25(31)17-8-12-19(29)13-9-17/h6-13,20-21,24-25H,1-5,14-15H2,(H,34,35)(H,36,37)/t20-,21-,24?,25?/m0/s1. The Morgan fingerprint density at radius 3 is 1.36 bits per heavy atom. The van der Waals surface area contributed by atoms with Crippen LogP contribution in [0.2, 0.25) is 10.0 Å². The van der Waals surface area contributed by atoms with Gasteiger partial charge in [0.1, 0.15) is 22.8 Å². The van der Waals surface area contributed by atoms with Crippen molar-refractivity contribution >= 4 is 70.5 Å². The average Bonchev–Trinajstić information content (AvgIpc) is 3.55. The van der Waals surface area contributed by atoms with Gasteiger partial charge in [-0.05, 0) is 48.2 Å². The maximum Gasteiger partial charge on any atom is 0.327 e. The van der Waals surface area contributed by atoms with Gasteiger partial charge in [0, 0.05) is 34.4 Å². The molecular weight excluding hydrogens is 583 g/mol. The summed E-state index contributed by atoms with van der Waals surface area (Å²) in [6, 6.07) is 12.3. The fourth-order valence-electron chi connectivity index (χ4n) is 4.76. The number of aliphatic carboxylic acids is 2. The van der Waals surface area contributed by atoms with E-state index in [1.807, 2.05) is 0 Å². The summed E-state index contributed by atoms with van der Waals surface area (Å²) in [5.74, 6) is -1.96. The number of thioether (sulfide) groups is 2. The minimum absolute atomic E-state index is 0.160. The third kappa shape index (κ3) is 7.03. The Balaban J connectivity index is 1.32. The lowest BCUT2D eigenvalue weighted by molar-refractivity contribution is -0.149. The highest BCUT2D eigenvalue weighted by molar-refractivity contribution is 8.00. The molecule has 0 aromatic heterocycles. The first-order chi connectivity index (χ1) is 18.7. The molecule has 39 heavy (non-hydrogen) atoms. The SMILES string of the molecule is O=C(O)[C@@H]1CSC(c2ccc(Cl)cc2)N1C(=O)CCCCCC(=O)N1C(c2ccc(Cl)cc2)SC[C@H]1C(=O)O. The van der Waals surface area contributed by atoms with Crippen molar-refractivity contribution in [1.82, 2.24) is 9.80 Å².